The molecule has 0 radical (unpaired) electrons. The number of rotatable bonds is 1. The summed E-state index contributed by atoms with van der Waals surface area (Å²) in [7, 11) is 0. The Bertz CT molecular complexity index is 451. The third-order valence-corrected chi connectivity index (χ3v) is 3.20. The van der Waals surface area contributed by atoms with E-state index in [4.69, 9.17) is 0 Å². The van der Waals surface area contributed by atoms with Crippen LogP contribution in [0.25, 0.3) is 0 Å². The van der Waals surface area contributed by atoms with Gasteiger partial charge in [0, 0.05) is 25.2 Å². The van der Waals surface area contributed by atoms with Gasteiger partial charge in [0.15, 0.2) is 0 Å². The molecule has 2 rings (SSSR count). The number of amides is 1. The average molecular weight is 250 g/mol. The van der Waals surface area contributed by atoms with Crippen LogP contribution in [0.2, 0.25) is 0 Å². The summed E-state index contributed by atoms with van der Waals surface area (Å²) >= 11 is 0. The van der Waals surface area contributed by atoms with Gasteiger partial charge in [-0.3, -0.25) is 4.79 Å². The van der Waals surface area contributed by atoms with E-state index in [1.165, 1.54) is 6.07 Å². The molecule has 1 aromatic rings. The predicted octanol–water partition coefficient (Wildman–Crippen LogP) is 1.96. The molecule has 1 aromatic carbocycles. The number of carbonyl (C=O) groups excluding carboxylic acids is 1. The zero-order valence-electron chi connectivity index (χ0n) is 11.0. The van der Waals surface area contributed by atoms with Gasteiger partial charge < -0.3 is 10.2 Å². The van der Waals surface area contributed by atoms with Crippen LogP contribution in [0.1, 0.15) is 29.8 Å². The van der Waals surface area contributed by atoms with Crippen molar-refractivity contribution in [1.29, 1.82) is 0 Å². The Balaban J connectivity index is 2.22. The topological polar surface area (TPSA) is 32.3 Å². The second kappa shape index (κ2) is 5.06. The summed E-state index contributed by atoms with van der Waals surface area (Å²) in [6, 6.07) is 5.14. The molecular weight excluding hydrogens is 231 g/mol. The highest BCUT2D eigenvalue weighted by Crippen LogP contribution is 2.15. The molecule has 18 heavy (non-hydrogen) atoms. The number of benzene rings is 1. The van der Waals surface area contributed by atoms with Crippen molar-refractivity contribution in [3.63, 3.8) is 0 Å². The van der Waals surface area contributed by atoms with Gasteiger partial charge in [-0.25, -0.2) is 4.39 Å². The van der Waals surface area contributed by atoms with E-state index in [1.54, 1.807) is 17.0 Å². The predicted molar refractivity (Wildman–Crippen MR) is 69.1 cm³/mol. The monoisotopic (exact) mass is 250 g/mol. The van der Waals surface area contributed by atoms with Crippen molar-refractivity contribution in [1.82, 2.24) is 10.2 Å². The smallest absolute Gasteiger partial charge is 0.256 e. The first kappa shape index (κ1) is 13.0. The number of aryl methyl sites for hydroxylation is 1. The molecule has 0 aliphatic carbocycles. The summed E-state index contributed by atoms with van der Waals surface area (Å²) in [5.74, 6) is -0.652. The molecule has 4 heteroatoms. The first-order chi connectivity index (χ1) is 8.47. The SMILES string of the molecule is Cc1ccc(F)c(C(=O)N2CC(C)NC(C)C2)c1. The van der Waals surface area contributed by atoms with Crippen LogP contribution in [-0.4, -0.2) is 36.0 Å². The lowest BCUT2D eigenvalue weighted by Gasteiger charge is -2.36. The van der Waals surface area contributed by atoms with Gasteiger partial charge in [-0.15, -0.1) is 0 Å². The lowest BCUT2D eigenvalue weighted by atomic mass is 10.1. The van der Waals surface area contributed by atoms with Gasteiger partial charge >= 0.3 is 0 Å². The first-order valence-corrected chi connectivity index (χ1v) is 6.29. The minimum Gasteiger partial charge on any atom is -0.335 e. The molecule has 0 aromatic heterocycles. The van der Waals surface area contributed by atoms with Crippen LogP contribution in [0, 0.1) is 12.7 Å². The molecule has 1 aliphatic heterocycles. The Morgan fingerprint density at radius 2 is 1.94 bits per heavy atom. The zero-order chi connectivity index (χ0) is 13.3. The van der Waals surface area contributed by atoms with Crippen LogP contribution in [0.4, 0.5) is 4.39 Å². The molecular formula is C14H19FN2O. The van der Waals surface area contributed by atoms with Crippen molar-refractivity contribution < 1.29 is 9.18 Å². The highest BCUT2D eigenvalue weighted by molar-refractivity contribution is 5.94. The summed E-state index contributed by atoms with van der Waals surface area (Å²) in [6.07, 6.45) is 0. The molecule has 1 heterocycles. The summed E-state index contributed by atoms with van der Waals surface area (Å²) in [5, 5.41) is 3.35. The van der Waals surface area contributed by atoms with E-state index in [1.807, 2.05) is 20.8 Å². The third kappa shape index (κ3) is 2.70. The van der Waals surface area contributed by atoms with E-state index in [0.717, 1.165) is 5.56 Å². The zero-order valence-corrected chi connectivity index (χ0v) is 11.0. The summed E-state index contributed by atoms with van der Waals surface area (Å²) in [5.41, 5.74) is 1.08. The number of nitrogens with one attached hydrogen (secondary N) is 1. The third-order valence-electron chi connectivity index (χ3n) is 3.20. The molecule has 2 atom stereocenters. The lowest BCUT2D eigenvalue weighted by molar-refractivity contribution is 0.0669. The molecule has 1 saturated heterocycles. The molecule has 3 nitrogen and oxygen atoms in total. The minimum atomic E-state index is -0.440. The van der Waals surface area contributed by atoms with Crippen molar-refractivity contribution in [3.05, 3.63) is 35.1 Å². The Hall–Kier alpha value is -1.42. The van der Waals surface area contributed by atoms with E-state index in [9.17, 15) is 9.18 Å². The molecule has 98 valence electrons. The van der Waals surface area contributed by atoms with Crippen molar-refractivity contribution in [2.24, 2.45) is 0 Å². The lowest BCUT2D eigenvalue weighted by Crippen LogP contribution is -2.55. The van der Waals surface area contributed by atoms with E-state index < -0.39 is 5.82 Å². The Labute approximate surface area is 107 Å². The van der Waals surface area contributed by atoms with E-state index >= 15 is 0 Å². The van der Waals surface area contributed by atoms with Crippen molar-refractivity contribution in [2.45, 2.75) is 32.9 Å². The second-order valence-electron chi connectivity index (χ2n) is 5.16. The minimum absolute atomic E-state index is 0.177. The summed E-state index contributed by atoms with van der Waals surface area (Å²) in [4.78, 5) is 14.0. The molecule has 0 spiro atoms. The van der Waals surface area contributed by atoms with E-state index in [2.05, 4.69) is 5.32 Å². The first-order valence-electron chi connectivity index (χ1n) is 6.29. The van der Waals surface area contributed by atoms with Crippen LogP contribution < -0.4 is 5.32 Å². The number of hydrogen-bond donors (Lipinski definition) is 1. The van der Waals surface area contributed by atoms with Crippen molar-refractivity contribution in [2.75, 3.05) is 13.1 Å². The molecule has 1 aliphatic rings. The number of hydrogen-bond acceptors (Lipinski definition) is 2. The van der Waals surface area contributed by atoms with Gasteiger partial charge in [0.2, 0.25) is 0 Å². The summed E-state index contributed by atoms with van der Waals surface area (Å²) in [6.45, 7) is 7.16. The maximum Gasteiger partial charge on any atom is 0.256 e. The maximum absolute atomic E-state index is 13.7. The number of carbonyl (C=O) groups is 1. The van der Waals surface area contributed by atoms with Gasteiger partial charge in [0.05, 0.1) is 5.56 Å². The van der Waals surface area contributed by atoms with E-state index in [0.29, 0.717) is 13.1 Å². The van der Waals surface area contributed by atoms with Gasteiger partial charge in [0.25, 0.3) is 5.91 Å². The van der Waals surface area contributed by atoms with E-state index in [-0.39, 0.29) is 23.6 Å². The number of piperazine rings is 1. The van der Waals surface area contributed by atoms with Gasteiger partial charge in [-0.2, -0.15) is 0 Å². The second-order valence-corrected chi connectivity index (χ2v) is 5.16. The molecule has 0 saturated carbocycles. The quantitative estimate of drug-likeness (QED) is 0.826. The fourth-order valence-corrected chi connectivity index (χ4v) is 2.47. The fourth-order valence-electron chi connectivity index (χ4n) is 2.47. The molecule has 2 unspecified atom stereocenters. The van der Waals surface area contributed by atoms with Gasteiger partial charge in [0.1, 0.15) is 5.82 Å². The molecule has 1 fully saturated rings. The summed E-state index contributed by atoms with van der Waals surface area (Å²) < 4.78 is 13.7. The highest BCUT2D eigenvalue weighted by atomic mass is 19.1. The maximum atomic E-state index is 13.7. The van der Waals surface area contributed by atoms with Gasteiger partial charge in [-0.1, -0.05) is 11.6 Å². The van der Waals surface area contributed by atoms with Crippen LogP contribution >= 0.6 is 0 Å². The van der Waals surface area contributed by atoms with Crippen LogP contribution in [-0.2, 0) is 0 Å². The molecule has 1 N–H and O–H groups in total. The fraction of sp³-hybridized carbons (Fsp3) is 0.500. The number of halogens is 1. The molecule has 0 bridgehead atoms. The van der Waals surface area contributed by atoms with Crippen LogP contribution in [0.15, 0.2) is 18.2 Å². The highest BCUT2D eigenvalue weighted by Gasteiger charge is 2.26. The Morgan fingerprint density at radius 1 is 1.33 bits per heavy atom. The van der Waals surface area contributed by atoms with Crippen molar-refractivity contribution in [3.8, 4) is 0 Å². The van der Waals surface area contributed by atoms with Crippen molar-refractivity contribution >= 4 is 5.91 Å². The molecule has 1 amide bonds. The van der Waals surface area contributed by atoms with Crippen LogP contribution in [0.3, 0.4) is 0 Å². The normalized spacial score (nSPS) is 24.1. The number of nitrogens with zero attached hydrogens (tertiary/aromatic N) is 1. The van der Waals surface area contributed by atoms with Crippen LogP contribution in [0.5, 0.6) is 0 Å². The van der Waals surface area contributed by atoms with Gasteiger partial charge in [-0.05, 0) is 32.9 Å². The Kier molecular flexibility index (Phi) is 3.66. The average Bonchev–Trinajstić information content (AvgIpc) is 2.30. The Morgan fingerprint density at radius 3 is 2.56 bits per heavy atom. The largest absolute Gasteiger partial charge is 0.335 e. The standard InChI is InChI=1S/C14H19FN2O/c1-9-4-5-13(15)12(6-9)14(18)17-7-10(2)16-11(3)8-17/h4-6,10-11,16H,7-8H2,1-3H3.